The topological polar surface area (TPSA) is 39.2 Å². The van der Waals surface area contributed by atoms with Gasteiger partial charge in [-0.15, -0.1) is 0 Å². The van der Waals surface area contributed by atoms with Crippen molar-refractivity contribution in [3.63, 3.8) is 0 Å². The summed E-state index contributed by atoms with van der Waals surface area (Å²) in [6.07, 6.45) is 9.66. The molecule has 0 atom stereocenters. The predicted octanol–water partition coefficient (Wildman–Crippen LogP) is 4.41. The maximum atomic E-state index is 11.4. The lowest BCUT2D eigenvalue weighted by atomic mass is 10.1. The van der Waals surface area contributed by atoms with Gasteiger partial charge in [0.2, 0.25) is 0 Å². The molecule has 19 heavy (non-hydrogen) atoms. The van der Waals surface area contributed by atoms with Gasteiger partial charge in [0.1, 0.15) is 11.4 Å². The van der Waals surface area contributed by atoms with Crippen molar-refractivity contribution in [2.45, 2.75) is 58.8 Å². The molecule has 3 heteroatoms. The molecule has 0 saturated carbocycles. The number of carbonyl (C=O) groups is 1. The van der Waals surface area contributed by atoms with Crippen LogP contribution in [0.5, 0.6) is 5.75 Å². The monoisotopic (exact) mass is 263 g/mol. The first-order valence-corrected chi connectivity index (χ1v) is 7.40. The molecule has 0 aliphatic carbocycles. The third kappa shape index (κ3) is 6.37. The molecule has 1 aromatic heterocycles. The Morgan fingerprint density at radius 3 is 2.47 bits per heavy atom. The zero-order chi connectivity index (χ0) is 13.9. The number of ketones is 1. The summed E-state index contributed by atoms with van der Waals surface area (Å²) in [5.74, 6) is 0.823. The largest absolute Gasteiger partial charge is 0.492 e. The molecule has 0 bridgehead atoms. The van der Waals surface area contributed by atoms with E-state index in [0.717, 1.165) is 18.8 Å². The van der Waals surface area contributed by atoms with Crippen LogP contribution in [0.2, 0.25) is 0 Å². The minimum atomic E-state index is 0.0717. The number of pyridine rings is 1. The van der Waals surface area contributed by atoms with Crippen molar-refractivity contribution in [3.05, 3.63) is 24.0 Å². The van der Waals surface area contributed by atoms with Gasteiger partial charge in [-0.2, -0.15) is 0 Å². The minimum absolute atomic E-state index is 0.0717. The summed E-state index contributed by atoms with van der Waals surface area (Å²) in [4.78, 5) is 15.5. The molecule has 3 nitrogen and oxygen atoms in total. The van der Waals surface area contributed by atoms with Crippen molar-refractivity contribution < 1.29 is 9.53 Å². The second kappa shape index (κ2) is 9.54. The van der Waals surface area contributed by atoms with Gasteiger partial charge in [0.05, 0.1) is 12.8 Å². The summed E-state index contributed by atoms with van der Waals surface area (Å²) >= 11 is 0. The molecule has 0 radical (unpaired) electrons. The summed E-state index contributed by atoms with van der Waals surface area (Å²) in [5.41, 5.74) is 0.523. The lowest BCUT2D eigenvalue weighted by Gasteiger charge is -2.06. The Hall–Kier alpha value is -1.38. The number of rotatable bonds is 10. The molecule has 0 saturated heterocycles. The van der Waals surface area contributed by atoms with Crippen LogP contribution in [-0.4, -0.2) is 17.4 Å². The van der Waals surface area contributed by atoms with Gasteiger partial charge in [0, 0.05) is 6.42 Å². The van der Waals surface area contributed by atoms with Gasteiger partial charge in [-0.1, -0.05) is 46.0 Å². The molecule has 0 N–H and O–H groups in total. The standard InChI is InChI=1S/C16H25NO2/c1-3-5-6-7-8-9-12-19-14-10-11-15(17-13-14)16(18)4-2/h10-11,13H,3-9,12H2,1-2H3. The Morgan fingerprint density at radius 2 is 1.84 bits per heavy atom. The number of aromatic nitrogens is 1. The molecule has 0 aliphatic heterocycles. The van der Waals surface area contributed by atoms with Gasteiger partial charge in [-0.3, -0.25) is 4.79 Å². The summed E-state index contributed by atoms with van der Waals surface area (Å²) in [7, 11) is 0. The molecule has 0 aliphatic rings. The average Bonchev–Trinajstić information content (AvgIpc) is 2.46. The summed E-state index contributed by atoms with van der Waals surface area (Å²) in [6.45, 7) is 4.80. The van der Waals surface area contributed by atoms with Crippen LogP contribution in [0.25, 0.3) is 0 Å². The number of Topliss-reactive ketones (excluding diaryl/α,β-unsaturated/α-hetero) is 1. The number of unbranched alkanes of at least 4 members (excludes halogenated alkanes) is 5. The zero-order valence-corrected chi connectivity index (χ0v) is 12.2. The zero-order valence-electron chi connectivity index (χ0n) is 12.2. The van der Waals surface area contributed by atoms with E-state index in [1.165, 1.54) is 32.1 Å². The highest BCUT2D eigenvalue weighted by Gasteiger charge is 2.04. The molecule has 0 spiro atoms. The normalized spacial score (nSPS) is 10.4. The molecule has 1 heterocycles. The fourth-order valence-electron chi connectivity index (χ4n) is 1.88. The highest BCUT2D eigenvalue weighted by atomic mass is 16.5. The van der Waals surface area contributed by atoms with Crippen molar-refractivity contribution in [1.82, 2.24) is 4.98 Å². The van der Waals surface area contributed by atoms with Crippen LogP contribution in [0.3, 0.4) is 0 Å². The van der Waals surface area contributed by atoms with Crippen molar-refractivity contribution in [2.75, 3.05) is 6.61 Å². The Kier molecular flexibility index (Phi) is 7.87. The van der Waals surface area contributed by atoms with E-state index >= 15 is 0 Å². The van der Waals surface area contributed by atoms with E-state index in [2.05, 4.69) is 11.9 Å². The SMILES string of the molecule is CCCCCCCCOc1ccc(C(=O)CC)nc1. The highest BCUT2D eigenvalue weighted by molar-refractivity contribution is 5.93. The van der Waals surface area contributed by atoms with Crippen LogP contribution in [0.1, 0.15) is 69.3 Å². The van der Waals surface area contributed by atoms with Gasteiger partial charge in [0.25, 0.3) is 0 Å². The minimum Gasteiger partial charge on any atom is -0.492 e. The number of hydrogen-bond acceptors (Lipinski definition) is 3. The van der Waals surface area contributed by atoms with E-state index in [4.69, 9.17) is 4.74 Å². The smallest absolute Gasteiger partial charge is 0.180 e. The summed E-state index contributed by atoms with van der Waals surface area (Å²) in [6, 6.07) is 3.56. The molecule has 1 rings (SSSR count). The van der Waals surface area contributed by atoms with Gasteiger partial charge in [-0.05, 0) is 18.6 Å². The van der Waals surface area contributed by atoms with Crippen molar-refractivity contribution in [3.8, 4) is 5.75 Å². The average molecular weight is 263 g/mol. The van der Waals surface area contributed by atoms with E-state index in [9.17, 15) is 4.79 Å². The quantitative estimate of drug-likeness (QED) is 0.463. The lowest BCUT2D eigenvalue weighted by Crippen LogP contribution is -2.02. The van der Waals surface area contributed by atoms with Crippen LogP contribution in [-0.2, 0) is 0 Å². The molecular formula is C16H25NO2. The second-order valence-electron chi connectivity index (χ2n) is 4.77. The fraction of sp³-hybridized carbons (Fsp3) is 0.625. The van der Waals surface area contributed by atoms with Crippen molar-refractivity contribution in [1.29, 1.82) is 0 Å². The third-order valence-corrected chi connectivity index (χ3v) is 3.11. The van der Waals surface area contributed by atoms with Crippen LogP contribution >= 0.6 is 0 Å². The molecule has 0 aromatic carbocycles. The molecule has 1 aromatic rings. The van der Waals surface area contributed by atoms with E-state index in [0.29, 0.717) is 12.1 Å². The molecule has 0 amide bonds. The van der Waals surface area contributed by atoms with Crippen LogP contribution < -0.4 is 4.74 Å². The predicted molar refractivity (Wildman–Crippen MR) is 77.7 cm³/mol. The second-order valence-corrected chi connectivity index (χ2v) is 4.77. The first kappa shape index (κ1) is 15.7. The maximum Gasteiger partial charge on any atom is 0.180 e. The van der Waals surface area contributed by atoms with Gasteiger partial charge in [-0.25, -0.2) is 4.98 Å². The Bertz CT molecular complexity index is 360. The first-order valence-electron chi connectivity index (χ1n) is 7.40. The van der Waals surface area contributed by atoms with Gasteiger partial charge in [0.15, 0.2) is 5.78 Å². The highest BCUT2D eigenvalue weighted by Crippen LogP contribution is 2.12. The van der Waals surface area contributed by atoms with Crippen LogP contribution in [0, 0.1) is 0 Å². The third-order valence-electron chi connectivity index (χ3n) is 3.11. The van der Waals surface area contributed by atoms with Gasteiger partial charge < -0.3 is 4.74 Å². The lowest BCUT2D eigenvalue weighted by molar-refractivity contribution is 0.0983. The number of ether oxygens (including phenoxy) is 1. The number of hydrogen-bond donors (Lipinski definition) is 0. The Balaban J connectivity index is 2.18. The molecule has 106 valence electrons. The van der Waals surface area contributed by atoms with E-state index in [-0.39, 0.29) is 5.78 Å². The molecular weight excluding hydrogens is 238 g/mol. The summed E-state index contributed by atoms with van der Waals surface area (Å²) in [5, 5.41) is 0. The van der Waals surface area contributed by atoms with Crippen molar-refractivity contribution in [2.24, 2.45) is 0 Å². The number of carbonyl (C=O) groups excluding carboxylic acids is 1. The van der Waals surface area contributed by atoms with Crippen molar-refractivity contribution >= 4 is 5.78 Å². The number of nitrogens with zero attached hydrogens (tertiary/aromatic N) is 1. The Labute approximate surface area is 116 Å². The van der Waals surface area contributed by atoms with E-state index in [1.54, 1.807) is 12.3 Å². The van der Waals surface area contributed by atoms with E-state index < -0.39 is 0 Å². The van der Waals surface area contributed by atoms with E-state index in [1.807, 2.05) is 13.0 Å². The Morgan fingerprint density at radius 1 is 1.11 bits per heavy atom. The fourth-order valence-corrected chi connectivity index (χ4v) is 1.88. The van der Waals surface area contributed by atoms with Gasteiger partial charge >= 0.3 is 0 Å². The molecule has 0 unspecified atom stereocenters. The first-order chi connectivity index (χ1) is 9.27. The summed E-state index contributed by atoms with van der Waals surface area (Å²) < 4.78 is 5.61. The molecule has 0 fully saturated rings. The van der Waals surface area contributed by atoms with Crippen LogP contribution in [0.15, 0.2) is 18.3 Å². The maximum absolute atomic E-state index is 11.4. The van der Waals surface area contributed by atoms with Crippen LogP contribution in [0.4, 0.5) is 0 Å².